The van der Waals surface area contributed by atoms with E-state index in [2.05, 4.69) is 20.9 Å². The van der Waals surface area contributed by atoms with E-state index in [1.54, 1.807) is 18.2 Å². The van der Waals surface area contributed by atoms with Crippen LogP contribution in [0.4, 0.5) is 5.69 Å². The lowest BCUT2D eigenvalue weighted by molar-refractivity contribution is -0.116. The molecule has 0 aliphatic carbocycles. The lowest BCUT2D eigenvalue weighted by Crippen LogP contribution is -2.41. The van der Waals surface area contributed by atoms with E-state index in [0.29, 0.717) is 28.3 Å². The highest BCUT2D eigenvalue weighted by molar-refractivity contribution is 8.00. The number of thioether (sulfide) groups is 1. The second-order valence-electron chi connectivity index (χ2n) is 7.65. The molecule has 0 radical (unpaired) electrons. The Morgan fingerprint density at radius 3 is 2.62 bits per heavy atom. The number of carbonyl (C=O) groups excluding carboxylic acids is 1. The first-order valence-corrected chi connectivity index (χ1v) is 12.1. The Labute approximate surface area is 206 Å². The number of anilines is 1. The molecule has 0 saturated carbocycles. The number of amides is 1. The molecule has 1 aromatic heterocycles. The van der Waals surface area contributed by atoms with Crippen molar-refractivity contribution in [3.05, 3.63) is 89.4 Å². The maximum atomic E-state index is 13.4. The van der Waals surface area contributed by atoms with Crippen LogP contribution in [-0.2, 0) is 4.79 Å². The largest absolute Gasteiger partial charge is 0.494 e. The molecule has 1 aliphatic heterocycles. The summed E-state index contributed by atoms with van der Waals surface area (Å²) in [5, 5.41) is 12.4. The fourth-order valence-corrected chi connectivity index (χ4v) is 5.07. The smallest absolute Gasteiger partial charge is 0.240 e. The van der Waals surface area contributed by atoms with Crippen LogP contribution in [0, 0.1) is 0 Å². The van der Waals surface area contributed by atoms with Crippen molar-refractivity contribution in [1.82, 2.24) is 14.9 Å². The SMILES string of the molecule is CCOc1ccc([C@@H]2Nn3c(nnc3-c3ccccc3)S[C@H]2C(=O)Nc2cccc(Cl)c2)cc1. The fourth-order valence-electron chi connectivity index (χ4n) is 3.80. The summed E-state index contributed by atoms with van der Waals surface area (Å²) in [5.41, 5.74) is 6.00. The minimum absolute atomic E-state index is 0.158. The molecule has 3 aromatic carbocycles. The molecule has 0 unspecified atom stereocenters. The summed E-state index contributed by atoms with van der Waals surface area (Å²) in [5.74, 6) is 1.31. The molecule has 2 N–H and O–H groups in total. The summed E-state index contributed by atoms with van der Waals surface area (Å²) in [6.07, 6.45) is 0. The maximum Gasteiger partial charge on any atom is 0.240 e. The molecule has 4 aromatic rings. The minimum atomic E-state index is -0.503. The van der Waals surface area contributed by atoms with Gasteiger partial charge < -0.3 is 15.5 Å². The van der Waals surface area contributed by atoms with Crippen molar-refractivity contribution in [2.24, 2.45) is 0 Å². The van der Waals surface area contributed by atoms with Crippen LogP contribution in [0.25, 0.3) is 11.4 Å². The van der Waals surface area contributed by atoms with Gasteiger partial charge in [0.15, 0.2) is 5.82 Å². The first kappa shape index (κ1) is 22.3. The van der Waals surface area contributed by atoms with Gasteiger partial charge in [-0.2, -0.15) is 0 Å². The van der Waals surface area contributed by atoms with Gasteiger partial charge in [0.05, 0.1) is 12.6 Å². The number of aromatic nitrogens is 3. The topological polar surface area (TPSA) is 81.1 Å². The standard InChI is InChI=1S/C25H22ClN5O2S/c1-2-33-20-13-11-16(12-14-20)21-22(24(32)27-19-10-6-9-18(26)15-19)34-25-29-28-23(31(25)30-21)17-7-4-3-5-8-17/h3-15,21-22,30H,2H2,1H3,(H,27,32)/t21-,22+/m0/s1. The quantitative estimate of drug-likeness (QED) is 0.376. The van der Waals surface area contributed by atoms with E-state index in [9.17, 15) is 4.79 Å². The number of hydrogen-bond acceptors (Lipinski definition) is 6. The molecule has 0 spiro atoms. The van der Waals surface area contributed by atoms with Crippen LogP contribution in [0.5, 0.6) is 5.75 Å². The number of carbonyl (C=O) groups is 1. The molecular formula is C25H22ClN5O2S. The van der Waals surface area contributed by atoms with Gasteiger partial charge in [-0.1, -0.05) is 71.9 Å². The normalized spacial score (nSPS) is 16.9. The summed E-state index contributed by atoms with van der Waals surface area (Å²) in [6.45, 7) is 2.54. The maximum absolute atomic E-state index is 13.4. The van der Waals surface area contributed by atoms with Crippen LogP contribution < -0.4 is 15.5 Å². The Morgan fingerprint density at radius 1 is 1.09 bits per heavy atom. The molecule has 0 saturated heterocycles. The van der Waals surface area contributed by atoms with Crippen LogP contribution in [-0.4, -0.2) is 32.6 Å². The molecular weight excluding hydrogens is 470 g/mol. The number of nitrogens with one attached hydrogen (secondary N) is 2. The highest BCUT2D eigenvalue weighted by Crippen LogP contribution is 2.39. The van der Waals surface area contributed by atoms with E-state index in [1.165, 1.54) is 11.8 Å². The van der Waals surface area contributed by atoms with E-state index in [0.717, 1.165) is 16.9 Å². The van der Waals surface area contributed by atoms with Gasteiger partial charge in [-0.15, -0.1) is 10.2 Å². The van der Waals surface area contributed by atoms with Crippen molar-refractivity contribution in [2.75, 3.05) is 17.3 Å². The second-order valence-corrected chi connectivity index (χ2v) is 9.20. The van der Waals surface area contributed by atoms with Gasteiger partial charge in [-0.25, -0.2) is 4.68 Å². The van der Waals surface area contributed by atoms with Gasteiger partial charge in [0.25, 0.3) is 0 Å². The zero-order chi connectivity index (χ0) is 23.5. The first-order valence-electron chi connectivity index (χ1n) is 10.9. The molecule has 9 heteroatoms. The van der Waals surface area contributed by atoms with Crippen LogP contribution in [0.1, 0.15) is 18.5 Å². The van der Waals surface area contributed by atoms with Crippen molar-refractivity contribution >= 4 is 35.0 Å². The summed E-state index contributed by atoms with van der Waals surface area (Å²) >= 11 is 7.48. The van der Waals surface area contributed by atoms with Gasteiger partial charge in [0.1, 0.15) is 11.0 Å². The van der Waals surface area contributed by atoms with Gasteiger partial charge in [-0.05, 0) is 42.8 Å². The molecule has 5 rings (SSSR count). The van der Waals surface area contributed by atoms with Crippen molar-refractivity contribution in [1.29, 1.82) is 0 Å². The predicted molar refractivity (Wildman–Crippen MR) is 135 cm³/mol. The molecule has 1 aliphatic rings. The zero-order valence-electron chi connectivity index (χ0n) is 18.3. The third-order valence-electron chi connectivity index (χ3n) is 5.37. The van der Waals surface area contributed by atoms with Crippen molar-refractivity contribution in [3.8, 4) is 17.1 Å². The van der Waals surface area contributed by atoms with Crippen molar-refractivity contribution in [2.45, 2.75) is 23.4 Å². The average molecular weight is 492 g/mol. The van der Waals surface area contributed by atoms with Crippen LogP contribution in [0.15, 0.2) is 84.0 Å². The number of halogens is 1. The molecule has 2 heterocycles. The molecule has 7 nitrogen and oxygen atoms in total. The number of nitrogens with zero attached hydrogens (tertiary/aromatic N) is 3. The number of hydrogen-bond donors (Lipinski definition) is 2. The van der Waals surface area contributed by atoms with Gasteiger partial charge in [-0.3, -0.25) is 4.79 Å². The summed E-state index contributed by atoms with van der Waals surface area (Å²) in [7, 11) is 0. The Balaban J connectivity index is 1.50. The third kappa shape index (κ3) is 4.60. The zero-order valence-corrected chi connectivity index (χ0v) is 19.9. The number of fused-ring (bicyclic) bond motifs is 1. The summed E-state index contributed by atoms with van der Waals surface area (Å²) in [4.78, 5) is 13.4. The molecule has 0 bridgehead atoms. The minimum Gasteiger partial charge on any atom is -0.494 e. The van der Waals surface area contributed by atoms with Gasteiger partial charge in [0, 0.05) is 16.3 Å². The van der Waals surface area contributed by atoms with E-state index >= 15 is 0 Å². The van der Waals surface area contributed by atoms with Gasteiger partial charge in [0.2, 0.25) is 11.1 Å². The number of rotatable bonds is 6. The van der Waals surface area contributed by atoms with Crippen molar-refractivity contribution in [3.63, 3.8) is 0 Å². The Hall–Kier alpha value is -3.49. The lowest BCUT2D eigenvalue weighted by atomic mass is 10.0. The van der Waals surface area contributed by atoms with Gasteiger partial charge >= 0.3 is 0 Å². The van der Waals surface area contributed by atoms with E-state index in [1.807, 2.05) is 72.3 Å². The summed E-state index contributed by atoms with van der Waals surface area (Å²) < 4.78 is 7.44. The highest BCUT2D eigenvalue weighted by atomic mass is 35.5. The molecule has 2 atom stereocenters. The molecule has 1 amide bonds. The predicted octanol–water partition coefficient (Wildman–Crippen LogP) is 5.40. The number of benzene rings is 3. The molecule has 0 fully saturated rings. The Bertz CT molecular complexity index is 1300. The van der Waals surface area contributed by atoms with E-state index < -0.39 is 5.25 Å². The van der Waals surface area contributed by atoms with Crippen LogP contribution in [0.2, 0.25) is 5.02 Å². The average Bonchev–Trinajstić information content (AvgIpc) is 3.27. The van der Waals surface area contributed by atoms with Crippen molar-refractivity contribution < 1.29 is 9.53 Å². The lowest BCUT2D eigenvalue weighted by Gasteiger charge is -2.33. The Kier molecular flexibility index (Phi) is 6.42. The molecule has 172 valence electrons. The third-order valence-corrected chi connectivity index (χ3v) is 6.82. The van der Waals surface area contributed by atoms with Crippen LogP contribution >= 0.6 is 23.4 Å². The van der Waals surface area contributed by atoms with E-state index in [4.69, 9.17) is 16.3 Å². The number of ether oxygens (including phenoxy) is 1. The Morgan fingerprint density at radius 2 is 1.88 bits per heavy atom. The highest BCUT2D eigenvalue weighted by Gasteiger charge is 2.38. The molecule has 34 heavy (non-hydrogen) atoms. The second kappa shape index (κ2) is 9.79. The monoisotopic (exact) mass is 491 g/mol. The van der Waals surface area contributed by atoms with E-state index in [-0.39, 0.29) is 11.9 Å². The summed E-state index contributed by atoms with van der Waals surface area (Å²) in [6, 6.07) is 24.4. The first-order chi connectivity index (χ1) is 16.6. The fraction of sp³-hybridized carbons (Fsp3) is 0.160. The van der Waals surface area contributed by atoms with Crippen LogP contribution in [0.3, 0.4) is 0 Å².